The standard InChI is InChI=1S/C17H20ClN5O/c1-22(2)11-4-3-7-23(9-11)16-15-14(20-17(19)21-16)12-8-10(18)5-6-13(12)24-15/h5-6,8,11H,3-4,7,9H2,1-2H3,(H2,19,20,21)/t11-/m0/s1. The summed E-state index contributed by atoms with van der Waals surface area (Å²) in [5.74, 6) is 1.03. The van der Waals surface area contributed by atoms with Crippen molar-refractivity contribution in [3.63, 3.8) is 0 Å². The number of anilines is 2. The fraction of sp³-hybridized carbons (Fsp3) is 0.412. The molecule has 6 nitrogen and oxygen atoms in total. The Balaban J connectivity index is 1.87. The molecule has 0 radical (unpaired) electrons. The fourth-order valence-corrected chi connectivity index (χ4v) is 3.57. The first-order chi connectivity index (χ1) is 11.5. The van der Waals surface area contributed by atoms with E-state index in [9.17, 15) is 0 Å². The first-order valence-electron chi connectivity index (χ1n) is 8.09. The highest BCUT2D eigenvalue weighted by molar-refractivity contribution is 6.31. The monoisotopic (exact) mass is 345 g/mol. The molecule has 2 N–H and O–H groups in total. The smallest absolute Gasteiger partial charge is 0.222 e. The molecule has 7 heteroatoms. The molecule has 1 fully saturated rings. The number of likely N-dealkylation sites (N-methyl/N-ethyl adjacent to an activating group) is 1. The number of piperidine rings is 1. The Morgan fingerprint density at radius 3 is 2.96 bits per heavy atom. The van der Waals surface area contributed by atoms with Gasteiger partial charge in [-0.2, -0.15) is 4.98 Å². The molecule has 1 aliphatic rings. The number of nitrogens with zero attached hydrogens (tertiary/aromatic N) is 4. The van der Waals surface area contributed by atoms with Crippen LogP contribution >= 0.6 is 11.6 Å². The molecule has 2 aromatic heterocycles. The summed E-state index contributed by atoms with van der Waals surface area (Å²) in [5, 5.41) is 1.52. The minimum atomic E-state index is 0.257. The minimum absolute atomic E-state index is 0.257. The number of hydrogen-bond acceptors (Lipinski definition) is 6. The van der Waals surface area contributed by atoms with Gasteiger partial charge in [0.2, 0.25) is 5.95 Å². The van der Waals surface area contributed by atoms with Gasteiger partial charge in [0, 0.05) is 29.5 Å². The molecule has 3 aromatic rings. The largest absolute Gasteiger partial charge is 0.450 e. The molecular formula is C17H20ClN5O. The molecule has 1 saturated heterocycles. The Kier molecular flexibility index (Phi) is 3.73. The second-order valence-corrected chi connectivity index (χ2v) is 6.97. The summed E-state index contributed by atoms with van der Waals surface area (Å²) in [6.45, 7) is 1.84. The number of rotatable bonds is 2. The van der Waals surface area contributed by atoms with Crippen molar-refractivity contribution in [2.45, 2.75) is 18.9 Å². The molecular weight excluding hydrogens is 326 g/mol. The lowest BCUT2D eigenvalue weighted by atomic mass is 10.0. The minimum Gasteiger partial charge on any atom is -0.450 e. The zero-order valence-electron chi connectivity index (χ0n) is 13.8. The lowest BCUT2D eigenvalue weighted by molar-refractivity contribution is 0.257. The first kappa shape index (κ1) is 15.5. The molecule has 0 unspecified atom stereocenters. The highest BCUT2D eigenvalue weighted by Gasteiger charge is 2.26. The van der Waals surface area contributed by atoms with Crippen LogP contribution in [0.5, 0.6) is 0 Å². The number of nitrogen functional groups attached to an aromatic ring is 1. The van der Waals surface area contributed by atoms with Gasteiger partial charge in [0.25, 0.3) is 0 Å². The van der Waals surface area contributed by atoms with Crippen LogP contribution in [0, 0.1) is 0 Å². The van der Waals surface area contributed by atoms with E-state index in [0.29, 0.717) is 16.6 Å². The van der Waals surface area contributed by atoms with Gasteiger partial charge in [0.1, 0.15) is 11.1 Å². The number of hydrogen-bond donors (Lipinski definition) is 1. The number of halogens is 1. The second-order valence-electron chi connectivity index (χ2n) is 6.53. The maximum atomic E-state index is 6.13. The Morgan fingerprint density at radius 2 is 2.17 bits per heavy atom. The predicted molar refractivity (Wildman–Crippen MR) is 97.7 cm³/mol. The van der Waals surface area contributed by atoms with Crippen LogP contribution in [0.3, 0.4) is 0 Å². The van der Waals surface area contributed by atoms with E-state index in [-0.39, 0.29) is 5.95 Å². The molecule has 126 valence electrons. The van der Waals surface area contributed by atoms with Crippen molar-refractivity contribution in [2.75, 3.05) is 37.8 Å². The van der Waals surface area contributed by atoms with Crippen LogP contribution in [0.1, 0.15) is 12.8 Å². The summed E-state index contributed by atoms with van der Waals surface area (Å²) in [6, 6.07) is 6.02. The third-order valence-electron chi connectivity index (χ3n) is 4.70. The van der Waals surface area contributed by atoms with E-state index in [4.69, 9.17) is 21.8 Å². The highest BCUT2D eigenvalue weighted by atomic mass is 35.5. The van der Waals surface area contributed by atoms with E-state index < -0.39 is 0 Å². The third-order valence-corrected chi connectivity index (χ3v) is 4.94. The van der Waals surface area contributed by atoms with Crippen molar-refractivity contribution >= 4 is 45.4 Å². The SMILES string of the molecule is CN(C)[C@H]1CCCN(c2nc(N)nc3c2oc2ccc(Cl)cc23)C1. The van der Waals surface area contributed by atoms with E-state index in [2.05, 4.69) is 33.9 Å². The Hall–Kier alpha value is -2.05. The van der Waals surface area contributed by atoms with Crippen molar-refractivity contribution in [3.8, 4) is 0 Å². The van der Waals surface area contributed by atoms with E-state index in [1.54, 1.807) is 0 Å². The average Bonchev–Trinajstić information content (AvgIpc) is 2.92. The van der Waals surface area contributed by atoms with Crippen LogP contribution in [-0.4, -0.2) is 48.1 Å². The molecule has 1 atom stereocenters. The summed E-state index contributed by atoms with van der Waals surface area (Å²) in [7, 11) is 4.22. The average molecular weight is 346 g/mol. The Labute approximate surface area is 145 Å². The normalized spacial score (nSPS) is 18.8. The maximum Gasteiger partial charge on any atom is 0.222 e. The van der Waals surface area contributed by atoms with Crippen molar-refractivity contribution in [2.24, 2.45) is 0 Å². The van der Waals surface area contributed by atoms with Gasteiger partial charge in [-0.15, -0.1) is 0 Å². The van der Waals surface area contributed by atoms with Crippen LogP contribution in [0.4, 0.5) is 11.8 Å². The Bertz CT molecular complexity index is 907. The van der Waals surface area contributed by atoms with E-state index in [1.165, 1.54) is 6.42 Å². The summed E-state index contributed by atoms with van der Waals surface area (Å²) in [5.41, 5.74) is 8.13. The molecule has 0 bridgehead atoms. The molecule has 0 amide bonds. The molecule has 1 aliphatic heterocycles. The van der Waals surface area contributed by atoms with E-state index in [1.807, 2.05) is 18.2 Å². The van der Waals surface area contributed by atoms with Crippen LogP contribution in [0.15, 0.2) is 22.6 Å². The fourth-order valence-electron chi connectivity index (χ4n) is 3.40. The zero-order valence-corrected chi connectivity index (χ0v) is 14.5. The first-order valence-corrected chi connectivity index (χ1v) is 8.47. The summed E-state index contributed by atoms with van der Waals surface area (Å²) in [6.07, 6.45) is 2.29. The van der Waals surface area contributed by atoms with Gasteiger partial charge >= 0.3 is 0 Å². The van der Waals surface area contributed by atoms with Gasteiger partial charge in [0.05, 0.1) is 0 Å². The van der Waals surface area contributed by atoms with Crippen molar-refractivity contribution < 1.29 is 4.42 Å². The van der Waals surface area contributed by atoms with E-state index in [0.717, 1.165) is 41.8 Å². The topological polar surface area (TPSA) is 71.4 Å². The lowest BCUT2D eigenvalue weighted by Gasteiger charge is -2.36. The molecule has 24 heavy (non-hydrogen) atoms. The number of nitrogens with two attached hydrogens (primary N) is 1. The molecule has 4 rings (SSSR count). The second kappa shape index (κ2) is 5.79. The molecule has 0 saturated carbocycles. The van der Waals surface area contributed by atoms with Gasteiger partial charge in [-0.05, 0) is 45.1 Å². The van der Waals surface area contributed by atoms with Gasteiger partial charge in [0.15, 0.2) is 11.4 Å². The van der Waals surface area contributed by atoms with E-state index >= 15 is 0 Å². The summed E-state index contributed by atoms with van der Waals surface area (Å²) < 4.78 is 6.05. The molecule has 1 aromatic carbocycles. The number of benzene rings is 1. The lowest BCUT2D eigenvalue weighted by Crippen LogP contribution is -2.45. The van der Waals surface area contributed by atoms with Gasteiger partial charge in [-0.1, -0.05) is 11.6 Å². The van der Waals surface area contributed by atoms with Crippen LogP contribution in [0.25, 0.3) is 22.1 Å². The van der Waals surface area contributed by atoms with Gasteiger partial charge in [-0.25, -0.2) is 4.98 Å². The highest BCUT2D eigenvalue weighted by Crippen LogP contribution is 2.35. The van der Waals surface area contributed by atoms with Crippen molar-refractivity contribution in [1.82, 2.24) is 14.9 Å². The number of fused-ring (bicyclic) bond motifs is 3. The number of aromatic nitrogens is 2. The van der Waals surface area contributed by atoms with Crippen molar-refractivity contribution in [1.29, 1.82) is 0 Å². The van der Waals surface area contributed by atoms with Gasteiger partial charge < -0.3 is 20.0 Å². The van der Waals surface area contributed by atoms with Gasteiger partial charge in [-0.3, -0.25) is 0 Å². The van der Waals surface area contributed by atoms with Crippen LogP contribution in [-0.2, 0) is 0 Å². The summed E-state index contributed by atoms with van der Waals surface area (Å²) in [4.78, 5) is 13.4. The Morgan fingerprint density at radius 1 is 1.33 bits per heavy atom. The molecule has 0 spiro atoms. The maximum absolute atomic E-state index is 6.13. The summed E-state index contributed by atoms with van der Waals surface area (Å²) >= 11 is 6.13. The third kappa shape index (κ3) is 2.56. The number of furan rings is 1. The quantitative estimate of drug-likeness (QED) is 0.769. The molecule has 3 heterocycles. The van der Waals surface area contributed by atoms with Crippen LogP contribution in [0.2, 0.25) is 5.02 Å². The predicted octanol–water partition coefficient (Wildman–Crippen LogP) is 3.14. The van der Waals surface area contributed by atoms with Crippen molar-refractivity contribution in [3.05, 3.63) is 23.2 Å². The molecule has 0 aliphatic carbocycles. The van der Waals surface area contributed by atoms with Crippen LogP contribution < -0.4 is 10.6 Å². The zero-order chi connectivity index (χ0) is 16.8.